The highest BCUT2D eigenvalue weighted by atomic mass is 35.5. The SMILES string of the molecule is FC(F)(F)c1cc(NC2CCN3CCCC23)nc(Cl)n1. The monoisotopic (exact) mass is 306 g/mol. The molecule has 2 aliphatic rings. The first-order valence-corrected chi connectivity index (χ1v) is 6.93. The van der Waals surface area contributed by atoms with Gasteiger partial charge in [0.15, 0.2) is 5.69 Å². The summed E-state index contributed by atoms with van der Waals surface area (Å²) in [7, 11) is 0. The second-order valence-electron chi connectivity index (χ2n) is 5.19. The van der Waals surface area contributed by atoms with Gasteiger partial charge in [0.05, 0.1) is 0 Å². The van der Waals surface area contributed by atoms with Crippen molar-refractivity contribution in [2.24, 2.45) is 0 Å². The number of fused-ring (bicyclic) bond motifs is 1. The number of hydrogen-bond donors (Lipinski definition) is 1. The van der Waals surface area contributed by atoms with E-state index < -0.39 is 11.9 Å². The number of hydrogen-bond acceptors (Lipinski definition) is 4. The molecule has 0 bridgehead atoms. The van der Waals surface area contributed by atoms with Gasteiger partial charge in [-0.05, 0) is 37.4 Å². The summed E-state index contributed by atoms with van der Waals surface area (Å²) in [6.07, 6.45) is -1.39. The van der Waals surface area contributed by atoms with Crippen molar-refractivity contribution in [3.63, 3.8) is 0 Å². The lowest BCUT2D eigenvalue weighted by Gasteiger charge is -2.22. The largest absolute Gasteiger partial charge is 0.433 e. The van der Waals surface area contributed by atoms with E-state index in [0.717, 1.165) is 38.4 Å². The van der Waals surface area contributed by atoms with Crippen molar-refractivity contribution in [1.82, 2.24) is 14.9 Å². The minimum Gasteiger partial charge on any atom is -0.366 e. The van der Waals surface area contributed by atoms with Crippen LogP contribution in [-0.2, 0) is 6.18 Å². The molecule has 0 aliphatic carbocycles. The van der Waals surface area contributed by atoms with Crippen LogP contribution in [0.15, 0.2) is 6.07 Å². The molecule has 3 heterocycles. The van der Waals surface area contributed by atoms with E-state index >= 15 is 0 Å². The average Bonchev–Trinajstić information content (AvgIpc) is 2.92. The lowest BCUT2D eigenvalue weighted by molar-refractivity contribution is -0.141. The zero-order valence-corrected chi connectivity index (χ0v) is 11.4. The van der Waals surface area contributed by atoms with Crippen LogP contribution in [0.3, 0.4) is 0 Å². The van der Waals surface area contributed by atoms with Crippen LogP contribution in [0.1, 0.15) is 25.0 Å². The van der Waals surface area contributed by atoms with Crippen LogP contribution in [0.2, 0.25) is 5.28 Å². The molecular weight excluding hydrogens is 293 g/mol. The van der Waals surface area contributed by atoms with Gasteiger partial charge in [-0.15, -0.1) is 0 Å². The third kappa shape index (κ3) is 2.69. The highest BCUT2D eigenvalue weighted by Gasteiger charge is 2.38. The van der Waals surface area contributed by atoms with Crippen LogP contribution >= 0.6 is 11.6 Å². The summed E-state index contributed by atoms with van der Waals surface area (Å²) in [5.74, 6) is 0.149. The van der Waals surface area contributed by atoms with Gasteiger partial charge in [0.1, 0.15) is 5.82 Å². The lowest BCUT2D eigenvalue weighted by atomic mass is 10.1. The Morgan fingerprint density at radius 3 is 2.80 bits per heavy atom. The van der Waals surface area contributed by atoms with Crippen molar-refractivity contribution in [3.8, 4) is 0 Å². The Labute approximate surface area is 119 Å². The number of nitrogens with one attached hydrogen (secondary N) is 1. The summed E-state index contributed by atoms with van der Waals surface area (Å²) < 4.78 is 38.1. The molecule has 2 saturated heterocycles. The number of nitrogens with zero attached hydrogens (tertiary/aromatic N) is 3. The molecule has 2 unspecified atom stereocenters. The van der Waals surface area contributed by atoms with Gasteiger partial charge in [-0.2, -0.15) is 13.2 Å². The second-order valence-corrected chi connectivity index (χ2v) is 5.53. The van der Waals surface area contributed by atoms with E-state index in [9.17, 15) is 13.2 Å². The predicted octanol–water partition coefficient (Wildman–Crippen LogP) is 2.80. The van der Waals surface area contributed by atoms with E-state index in [4.69, 9.17) is 11.6 Å². The molecule has 20 heavy (non-hydrogen) atoms. The first-order valence-electron chi connectivity index (χ1n) is 6.56. The predicted molar refractivity (Wildman–Crippen MR) is 68.7 cm³/mol. The number of aromatic nitrogens is 2. The zero-order valence-electron chi connectivity index (χ0n) is 10.6. The average molecular weight is 307 g/mol. The molecule has 0 aromatic carbocycles. The van der Waals surface area contributed by atoms with Gasteiger partial charge >= 0.3 is 6.18 Å². The number of alkyl halides is 3. The van der Waals surface area contributed by atoms with Crippen LogP contribution in [0.5, 0.6) is 0 Å². The molecule has 110 valence electrons. The van der Waals surface area contributed by atoms with Gasteiger partial charge in [-0.25, -0.2) is 9.97 Å². The van der Waals surface area contributed by atoms with Gasteiger partial charge < -0.3 is 5.32 Å². The van der Waals surface area contributed by atoms with Gasteiger partial charge in [0.25, 0.3) is 0 Å². The Morgan fingerprint density at radius 2 is 2.05 bits per heavy atom. The molecule has 1 aromatic rings. The Kier molecular flexibility index (Phi) is 3.50. The molecule has 1 N–H and O–H groups in total. The highest BCUT2D eigenvalue weighted by molar-refractivity contribution is 6.28. The van der Waals surface area contributed by atoms with E-state index in [2.05, 4.69) is 20.2 Å². The molecule has 2 fully saturated rings. The van der Waals surface area contributed by atoms with Crippen LogP contribution < -0.4 is 5.32 Å². The van der Waals surface area contributed by atoms with Crippen LogP contribution in [0.25, 0.3) is 0 Å². The summed E-state index contributed by atoms with van der Waals surface area (Å²) >= 11 is 5.58. The second kappa shape index (κ2) is 5.04. The van der Waals surface area contributed by atoms with Gasteiger partial charge in [0.2, 0.25) is 5.28 Å². The highest BCUT2D eigenvalue weighted by Crippen LogP contribution is 2.32. The maximum Gasteiger partial charge on any atom is 0.433 e. The van der Waals surface area contributed by atoms with E-state index in [0.29, 0.717) is 6.04 Å². The van der Waals surface area contributed by atoms with Crippen molar-refractivity contribution < 1.29 is 13.2 Å². The van der Waals surface area contributed by atoms with E-state index in [1.165, 1.54) is 0 Å². The third-order valence-electron chi connectivity index (χ3n) is 3.93. The fourth-order valence-corrected chi connectivity index (χ4v) is 3.26. The van der Waals surface area contributed by atoms with Crippen LogP contribution in [-0.4, -0.2) is 40.0 Å². The Hall–Kier alpha value is -1.08. The Bertz CT molecular complexity index is 508. The van der Waals surface area contributed by atoms with Gasteiger partial charge in [-0.3, -0.25) is 4.90 Å². The Balaban J connectivity index is 1.79. The molecule has 4 nitrogen and oxygen atoms in total. The first kappa shape index (κ1) is 13.9. The summed E-state index contributed by atoms with van der Waals surface area (Å²) in [5, 5.41) is 2.70. The first-order chi connectivity index (χ1) is 9.43. The number of anilines is 1. The van der Waals surface area contributed by atoms with Crippen molar-refractivity contribution in [2.45, 2.75) is 37.5 Å². The topological polar surface area (TPSA) is 41.0 Å². The van der Waals surface area contributed by atoms with E-state index in [1.54, 1.807) is 0 Å². The summed E-state index contributed by atoms with van der Waals surface area (Å²) in [6.45, 7) is 2.05. The lowest BCUT2D eigenvalue weighted by Crippen LogP contribution is -2.34. The van der Waals surface area contributed by atoms with Crippen molar-refractivity contribution in [3.05, 3.63) is 17.0 Å². The molecule has 2 atom stereocenters. The minimum atomic E-state index is -4.52. The summed E-state index contributed by atoms with van der Waals surface area (Å²) in [4.78, 5) is 9.44. The van der Waals surface area contributed by atoms with E-state index in [-0.39, 0.29) is 17.1 Å². The van der Waals surface area contributed by atoms with Crippen molar-refractivity contribution in [1.29, 1.82) is 0 Å². The molecular formula is C12H14ClF3N4. The summed E-state index contributed by atoms with van der Waals surface area (Å²) in [6, 6.07) is 1.44. The van der Waals surface area contributed by atoms with Crippen molar-refractivity contribution >= 4 is 17.4 Å². The third-order valence-corrected chi connectivity index (χ3v) is 4.10. The molecule has 8 heteroatoms. The van der Waals surface area contributed by atoms with Gasteiger partial charge in [-0.1, -0.05) is 0 Å². The quantitative estimate of drug-likeness (QED) is 0.853. The molecule has 1 aromatic heterocycles. The van der Waals surface area contributed by atoms with Crippen LogP contribution in [0.4, 0.5) is 19.0 Å². The van der Waals surface area contributed by atoms with Crippen molar-refractivity contribution in [2.75, 3.05) is 18.4 Å². The fourth-order valence-electron chi connectivity index (χ4n) is 3.08. The molecule has 0 amide bonds. The molecule has 0 saturated carbocycles. The number of rotatable bonds is 2. The normalized spacial score (nSPS) is 26.8. The molecule has 0 spiro atoms. The molecule has 2 aliphatic heterocycles. The maximum atomic E-state index is 12.7. The minimum absolute atomic E-state index is 0.129. The van der Waals surface area contributed by atoms with E-state index in [1.807, 2.05) is 0 Å². The summed E-state index contributed by atoms with van der Waals surface area (Å²) in [5.41, 5.74) is -1.01. The maximum absolute atomic E-state index is 12.7. The Morgan fingerprint density at radius 1 is 1.25 bits per heavy atom. The standard InChI is InChI=1S/C12H14ClF3N4/c13-11-18-9(12(14,15)16)6-10(19-11)17-7-3-5-20-4-1-2-8(7)20/h6-8H,1-5H2,(H,17,18,19). The molecule has 0 radical (unpaired) electrons. The fraction of sp³-hybridized carbons (Fsp3) is 0.667. The van der Waals surface area contributed by atoms with Gasteiger partial charge in [0, 0.05) is 24.7 Å². The number of halogens is 4. The smallest absolute Gasteiger partial charge is 0.366 e. The molecule has 3 rings (SSSR count). The zero-order chi connectivity index (χ0) is 14.3. The van der Waals surface area contributed by atoms with Crippen LogP contribution in [0, 0.1) is 0 Å².